The van der Waals surface area contributed by atoms with Gasteiger partial charge in [0.1, 0.15) is 0 Å². The second-order valence-electron chi connectivity index (χ2n) is 3.49. The van der Waals surface area contributed by atoms with Crippen LogP contribution in [0.1, 0.15) is 5.56 Å². The highest BCUT2D eigenvalue weighted by molar-refractivity contribution is 14.1. The van der Waals surface area contributed by atoms with Crippen LogP contribution < -0.4 is 5.32 Å². The fraction of sp³-hybridized carbons (Fsp3) is 0.0833. The molecule has 0 saturated carbocycles. The lowest BCUT2D eigenvalue weighted by atomic mass is 10.3. The van der Waals surface area contributed by atoms with Gasteiger partial charge in [0, 0.05) is 38.2 Å². The lowest BCUT2D eigenvalue weighted by Gasteiger charge is -2.06. The highest BCUT2D eigenvalue weighted by atomic mass is 127. The Bertz CT molecular complexity index is 536. The van der Waals surface area contributed by atoms with E-state index in [9.17, 15) is 0 Å². The maximum absolute atomic E-state index is 4.13. The molecule has 0 unspecified atom stereocenters. The van der Waals surface area contributed by atoms with E-state index in [1.165, 1.54) is 3.57 Å². The highest BCUT2D eigenvalue weighted by Gasteiger charge is 2.00. The lowest BCUT2D eigenvalue weighted by Crippen LogP contribution is -1.98. The molecule has 0 bridgehead atoms. The first kappa shape index (κ1) is 12.6. The number of hydrogen-bond acceptors (Lipinski definition) is 2. The minimum atomic E-state index is 0.756. The summed E-state index contributed by atoms with van der Waals surface area (Å²) in [6.45, 7) is 4.41. The van der Waals surface area contributed by atoms with Gasteiger partial charge in [-0.1, -0.05) is 6.58 Å². The number of aromatic nitrogens is 2. The summed E-state index contributed by atoms with van der Waals surface area (Å²) in [6.07, 6.45) is 5.45. The van der Waals surface area contributed by atoms with Crippen LogP contribution in [0.15, 0.2) is 41.6 Å². The van der Waals surface area contributed by atoms with Crippen molar-refractivity contribution in [3.8, 4) is 0 Å². The second-order valence-corrected chi connectivity index (χ2v) is 5.51. The molecule has 1 aromatic carbocycles. The van der Waals surface area contributed by atoms with Gasteiger partial charge < -0.3 is 5.32 Å². The molecule has 3 nitrogen and oxygen atoms in total. The molecule has 0 aliphatic rings. The quantitative estimate of drug-likeness (QED) is 0.783. The zero-order valence-electron chi connectivity index (χ0n) is 9.03. The molecule has 1 heterocycles. The summed E-state index contributed by atoms with van der Waals surface area (Å²) in [6, 6.07) is 6.18. The summed E-state index contributed by atoms with van der Waals surface area (Å²) in [7, 11) is 0. The number of nitrogens with one attached hydrogen (secondary N) is 1. The minimum absolute atomic E-state index is 0.756. The van der Waals surface area contributed by atoms with Crippen molar-refractivity contribution in [2.45, 2.75) is 6.54 Å². The molecule has 2 rings (SSSR count). The topological polar surface area (TPSA) is 29.9 Å². The molecular weight excluding hydrogens is 393 g/mol. The van der Waals surface area contributed by atoms with Crippen molar-refractivity contribution in [1.29, 1.82) is 0 Å². The van der Waals surface area contributed by atoms with Crippen molar-refractivity contribution < 1.29 is 0 Å². The molecule has 0 saturated heterocycles. The Balaban J connectivity index is 2.01. The highest BCUT2D eigenvalue weighted by Crippen LogP contribution is 2.22. The first-order valence-corrected chi connectivity index (χ1v) is 6.91. The summed E-state index contributed by atoms with van der Waals surface area (Å²) < 4.78 is 4.00. The van der Waals surface area contributed by atoms with Crippen molar-refractivity contribution in [3.05, 3.63) is 50.8 Å². The van der Waals surface area contributed by atoms with E-state index < -0.39 is 0 Å². The van der Waals surface area contributed by atoms with E-state index in [1.54, 1.807) is 10.9 Å². The Labute approximate surface area is 122 Å². The zero-order chi connectivity index (χ0) is 12.3. The van der Waals surface area contributed by atoms with Crippen LogP contribution in [-0.2, 0) is 6.54 Å². The van der Waals surface area contributed by atoms with E-state index in [0.717, 1.165) is 22.3 Å². The molecule has 0 amide bonds. The maximum Gasteiger partial charge on any atom is 0.0543 e. The van der Waals surface area contributed by atoms with Crippen molar-refractivity contribution >= 4 is 50.4 Å². The van der Waals surface area contributed by atoms with Crippen molar-refractivity contribution in [2.24, 2.45) is 0 Å². The predicted octanol–water partition coefficient (Wildman–Crippen LogP) is 3.96. The predicted molar refractivity (Wildman–Crippen MR) is 82.8 cm³/mol. The summed E-state index contributed by atoms with van der Waals surface area (Å²) in [4.78, 5) is 0. The normalized spacial score (nSPS) is 10.2. The SMILES string of the molecule is C=Cn1cc(CNc2ccc(Br)c(I)c2)cn1. The number of rotatable bonds is 4. The Morgan fingerprint density at radius 1 is 1.53 bits per heavy atom. The van der Waals surface area contributed by atoms with Crippen LogP contribution in [0, 0.1) is 3.57 Å². The van der Waals surface area contributed by atoms with Crippen LogP contribution in [0.5, 0.6) is 0 Å². The summed E-state index contributed by atoms with van der Waals surface area (Å²) in [5.74, 6) is 0. The molecule has 0 fully saturated rings. The van der Waals surface area contributed by atoms with E-state index in [2.05, 4.69) is 61.6 Å². The first-order chi connectivity index (χ1) is 8.19. The van der Waals surface area contributed by atoms with Gasteiger partial charge in [-0.25, -0.2) is 4.68 Å². The standard InChI is InChI=1S/C12H11BrIN3/c1-2-17-8-9(7-16-17)6-15-10-3-4-11(13)12(14)5-10/h2-5,7-8,15H,1,6H2. The number of benzene rings is 1. The number of halogens is 2. The Kier molecular flexibility index (Phi) is 4.22. The van der Waals surface area contributed by atoms with E-state index in [4.69, 9.17) is 0 Å². The molecular formula is C12H11BrIN3. The molecule has 0 aliphatic heterocycles. The van der Waals surface area contributed by atoms with Crippen molar-refractivity contribution in [1.82, 2.24) is 9.78 Å². The third-order valence-electron chi connectivity index (χ3n) is 2.26. The van der Waals surface area contributed by atoms with Gasteiger partial charge in [-0.3, -0.25) is 0 Å². The Morgan fingerprint density at radius 3 is 3.00 bits per heavy atom. The van der Waals surface area contributed by atoms with Crippen LogP contribution in [-0.4, -0.2) is 9.78 Å². The van der Waals surface area contributed by atoms with Crippen LogP contribution in [0.3, 0.4) is 0 Å². The fourth-order valence-electron chi connectivity index (χ4n) is 1.38. The third kappa shape index (κ3) is 3.32. The number of anilines is 1. The van der Waals surface area contributed by atoms with Gasteiger partial charge in [-0.2, -0.15) is 5.10 Å². The fourth-order valence-corrected chi connectivity index (χ4v) is 2.14. The molecule has 0 atom stereocenters. The molecule has 17 heavy (non-hydrogen) atoms. The van der Waals surface area contributed by atoms with E-state index in [-0.39, 0.29) is 0 Å². The number of nitrogens with zero attached hydrogens (tertiary/aromatic N) is 2. The molecule has 0 radical (unpaired) electrons. The molecule has 88 valence electrons. The van der Waals surface area contributed by atoms with Gasteiger partial charge in [0.05, 0.1) is 6.20 Å². The van der Waals surface area contributed by atoms with Crippen LogP contribution in [0.4, 0.5) is 5.69 Å². The molecule has 0 spiro atoms. The smallest absolute Gasteiger partial charge is 0.0543 e. The van der Waals surface area contributed by atoms with Gasteiger partial charge in [0.2, 0.25) is 0 Å². The van der Waals surface area contributed by atoms with E-state index >= 15 is 0 Å². The molecule has 0 aliphatic carbocycles. The molecule has 2 aromatic rings. The molecule has 5 heteroatoms. The average Bonchev–Trinajstić information content (AvgIpc) is 2.79. The minimum Gasteiger partial charge on any atom is -0.381 e. The largest absolute Gasteiger partial charge is 0.381 e. The average molecular weight is 404 g/mol. The summed E-state index contributed by atoms with van der Waals surface area (Å²) >= 11 is 5.78. The zero-order valence-corrected chi connectivity index (χ0v) is 12.8. The third-order valence-corrected chi connectivity index (χ3v) is 4.58. The van der Waals surface area contributed by atoms with Crippen LogP contribution >= 0.6 is 38.5 Å². The monoisotopic (exact) mass is 403 g/mol. The summed E-state index contributed by atoms with van der Waals surface area (Å²) in [5.41, 5.74) is 2.23. The van der Waals surface area contributed by atoms with Gasteiger partial charge >= 0.3 is 0 Å². The van der Waals surface area contributed by atoms with E-state index in [0.29, 0.717) is 0 Å². The van der Waals surface area contributed by atoms with Crippen LogP contribution in [0.25, 0.3) is 6.20 Å². The Morgan fingerprint density at radius 2 is 2.35 bits per heavy atom. The second kappa shape index (κ2) is 5.68. The summed E-state index contributed by atoms with van der Waals surface area (Å²) in [5, 5.41) is 7.48. The van der Waals surface area contributed by atoms with E-state index in [1.807, 2.05) is 24.5 Å². The first-order valence-electron chi connectivity index (χ1n) is 5.03. The maximum atomic E-state index is 4.13. The van der Waals surface area contributed by atoms with Gasteiger partial charge in [0.25, 0.3) is 0 Å². The van der Waals surface area contributed by atoms with Gasteiger partial charge in [0.15, 0.2) is 0 Å². The lowest BCUT2D eigenvalue weighted by molar-refractivity contribution is 0.936. The number of hydrogen-bond donors (Lipinski definition) is 1. The van der Waals surface area contributed by atoms with Crippen molar-refractivity contribution in [2.75, 3.05) is 5.32 Å². The van der Waals surface area contributed by atoms with Gasteiger partial charge in [-0.15, -0.1) is 0 Å². The Hall–Kier alpha value is -0.820. The van der Waals surface area contributed by atoms with Crippen LogP contribution in [0.2, 0.25) is 0 Å². The van der Waals surface area contributed by atoms with Crippen molar-refractivity contribution in [3.63, 3.8) is 0 Å². The molecule has 1 aromatic heterocycles. The molecule has 1 N–H and O–H groups in total. The van der Waals surface area contributed by atoms with Gasteiger partial charge in [-0.05, 0) is 56.7 Å².